The molecule has 1 N–H and O–H groups in total. The van der Waals surface area contributed by atoms with E-state index in [1.807, 2.05) is 48.9 Å². The van der Waals surface area contributed by atoms with Crippen LogP contribution in [0.25, 0.3) is 5.69 Å². The summed E-state index contributed by atoms with van der Waals surface area (Å²) >= 11 is 0. The number of hydrogen-bond acceptors (Lipinski definition) is 4. The van der Waals surface area contributed by atoms with Gasteiger partial charge in [-0.25, -0.2) is 9.67 Å². The van der Waals surface area contributed by atoms with Gasteiger partial charge in [0.05, 0.1) is 30.3 Å². The molecule has 0 aliphatic carbocycles. The molecule has 26 heavy (non-hydrogen) atoms. The second-order valence-electron chi connectivity index (χ2n) is 6.00. The monoisotopic (exact) mass is 350 g/mol. The molecule has 0 atom stereocenters. The Morgan fingerprint density at radius 2 is 1.92 bits per heavy atom. The number of aromatic nitrogens is 3. The molecule has 6 nitrogen and oxygen atoms in total. The maximum Gasteiger partial charge on any atom is 0.255 e. The molecule has 6 heteroatoms. The number of aryl methyl sites for hydroxylation is 1. The summed E-state index contributed by atoms with van der Waals surface area (Å²) in [5.74, 6) is 0.406. The molecule has 0 fully saturated rings. The summed E-state index contributed by atoms with van der Waals surface area (Å²) in [5.41, 5.74) is 4.52. The molecule has 2 heterocycles. The lowest BCUT2D eigenvalue weighted by Gasteiger charge is -2.09. The summed E-state index contributed by atoms with van der Waals surface area (Å²) in [6, 6.07) is 11.7. The number of carbonyl (C=O) groups excluding carboxylic acids is 1. The lowest BCUT2D eigenvalue weighted by Crippen LogP contribution is -2.23. The summed E-state index contributed by atoms with van der Waals surface area (Å²) < 4.78 is 6.86. The van der Waals surface area contributed by atoms with E-state index >= 15 is 0 Å². The highest BCUT2D eigenvalue weighted by molar-refractivity contribution is 5.95. The molecule has 0 aliphatic heterocycles. The molecule has 134 valence electrons. The average molecular weight is 350 g/mol. The van der Waals surface area contributed by atoms with E-state index in [0.717, 1.165) is 16.9 Å². The first-order valence-corrected chi connectivity index (χ1v) is 8.53. The van der Waals surface area contributed by atoms with Crippen LogP contribution in [0.1, 0.15) is 34.1 Å². The molecule has 2 aromatic heterocycles. The highest BCUT2D eigenvalue weighted by Gasteiger charge is 2.17. The van der Waals surface area contributed by atoms with Crippen molar-refractivity contribution in [2.45, 2.75) is 26.8 Å². The Balaban J connectivity index is 1.75. The van der Waals surface area contributed by atoms with Gasteiger partial charge in [0, 0.05) is 18.8 Å². The standard InChI is InChI=1S/C20H22N4O2/c1-4-18-17(13-23-24(18)16-8-5-14(2)6-9-16)20(25)22-12-15-7-10-19(26-3)21-11-15/h5-11,13H,4,12H2,1-3H3,(H,22,25). The molecule has 0 aliphatic rings. The number of amides is 1. The normalized spacial score (nSPS) is 10.6. The van der Waals surface area contributed by atoms with Gasteiger partial charge in [-0.05, 0) is 31.0 Å². The molecule has 1 amide bonds. The maximum atomic E-state index is 12.6. The van der Waals surface area contributed by atoms with Crippen LogP contribution in [0.4, 0.5) is 0 Å². The van der Waals surface area contributed by atoms with Crippen LogP contribution >= 0.6 is 0 Å². The van der Waals surface area contributed by atoms with Gasteiger partial charge in [0.2, 0.25) is 5.88 Å². The number of nitrogens with zero attached hydrogens (tertiary/aromatic N) is 3. The highest BCUT2D eigenvalue weighted by atomic mass is 16.5. The fourth-order valence-electron chi connectivity index (χ4n) is 2.73. The second kappa shape index (κ2) is 7.82. The SMILES string of the molecule is CCc1c(C(=O)NCc2ccc(OC)nc2)cnn1-c1ccc(C)cc1. The Hall–Kier alpha value is -3.15. The second-order valence-corrected chi connectivity index (χ2v) is 6.00. The number of benzene rings is 1. The topological polar surface area (TPSA) is 69.0 Å². The van der Waals surface area contributed by atoms with Gasteiger partial charge in [-0.3, -0.25) is 4.79 Å². The number of methoxy groups -OCH3 is 1. The van der Waals surface area contributed by atoms with Gasteiger partial charge in [-0.15, -0.1) is 0 Å². The lowest BCUT2D eigenvalue weighted by molar-refractivity contribution is 0.0950. The summed E-state index contributed by atoms with van der Waals surface area (Å²) in [7, 11) is 1.57. The zero-order chi connectivity index (χ0) is 18.5. The fourth-order valence-corrected chi connectivity index (χ4v) is 2.73. The van der Waals surface area contributed by atoms with Gasteiger partial charge in [0.25, 0.3) is 5.91 Å². The molecule has 0 saturated carbocycles. The molecule has 1 aromatic carbocycles. The third-order valence-corrected chi connectivity index (χ3v) is 4.19. The molecule has 0 radical (unpaired) electrons. The third-order valence-electron chi connectivity index (χ3n) is 4.19. The summed E-state index contributed by atoms with van der Waals surface area (Å²) in [5, 5.41) is 7.34. The van der Waals surface area contributed by atoms with Crippen molar-refractivity contribution in [1.29, 1.82) is 0 Å². The van der Waals surface area contributed by atoms with Crippen molar-refractivity contribution in [2.75, 3.05) is 7.11 Å². The van der Waals surface area contributed by atoms with Crippen LogP contribution in [0.5, 0.6) is 5.88 Å². The van der Waals surface area contributed by atoms with E-state index in [4.69, 9.17) is 4.74 Å². The molecule has 0 bridgehead atoms. The van der Waals surface area contributed by atoms with Crippen molar-refractivity contribution in [3.63, 3.8) is 0 Å². The summed E-state index contributed by atoms with van der Waals surface area (Å²) in [6.45, 7) is 4.46. The Kier molecular flexibility index (Phi) is 5.31. The van der Waals surface area contributed by atoms with Crippen LogP contribution in [0.2, 0.25) is 0 Å². The van der Waals surface area contributed by atoms with Crippen molar-refractivity contribution in [1.82, 2.24) is 20.1 Å². The first-order valence-electron chi connectivity index (χ1n) is 8.53. The zero-order valence-electron chi connectivity index (χ0n) is 15.2. The minimum atomic E-state index is -0.143. The average Bonchev–Trinajstić information content (AvgIpc) is 3.11. The van der Waals surface area contributed by atoms with Gasteiger partial charge < -0.3 is 10.1 Å². The minimum Gasteiger partial charge on any atom is -0.481 e. The number of carbonyl (C=O) groups is 1. The fraction of sp³-hybridized carbons (Fsp3) is 0.250. The molecular weight excluding hydrogens is 328 g/mol. The Morgan fingerprint density at radius 3 is 2.54 bits per heavy atom. The van der Waals surface area contributed by atoms with Crippen molar-refractivity contribution in [3.05, 3.63) is 71.2 Å². The largest absolute Gasteiger partial charge is 0.481 e. The van der Waals surface area contributed by atoms with Gasteiger partial charge in [0.1, 0.15) is 0 Å². The minimum absolute atomic E-state index is 0.143. The number of rotatable bonds is 6. The van der Waals surface area contributed by atoms with Crippen LogP contribution < -0.4 is 10.1 Å². The predicted octanol–water partition coefficient (Wildman–Crippen LogP) is 3.08. The van der Waals surface area contributed by atoms with E-state index in [9.17, 15) is 4.79 Å². The number of pyridine rings is 1. The molecule has 0 spiro atoms. The van der Waals surface area contributed by atoms with E-state index in [2.05, 4.69) is 15.4 Å². The van der Waals surface area contributed by atoms with E-state index in [-0.39, 0.29) is 5.91 Å². The van der Waals surface area contributed by atoms with E-state index < -0.39 is 0 Å². The molecule has 0 saturated heterocycles. The van der Waals surface area contributed by atoms with E-state index in [0.29, 0.717) is 24.4 Å². The predicted molar refractivity (Wildman–Crippen MR) is 99.6 cm³/mol. The summed E-state index contributed by atoms with van der Waals surface area (Å²) in [6.07, 6.45) is 4.02. The van der Waals surface area contributed by atoms with Crippen molar-refractivity contribution >= 4 is 5.91 Å². The van der Waals surface area contributed by atoms with Crippen LogP contribution in [0.15, 0.2) is 48.8 Å². The van der Waals surface area contributed by atoms with Crippen LogP contribution in [-0.2, 0) is 13.0 Å². The number of ether oxygens (including phenoxy) is 1. The summed E-state index contributed by atoms with van der Waals surface area (Å²) in [4.78, 5) is 16.8. The van der Waals surface area contributed by atoms with Crippen molar-refractivity contribution in [2.24, 2.45) is 0 Å². The van der Waals surface area contributed by atoms with Crippen LogP contribution in [0.3, 0.4) is 0 Å². The molecular formula is C20H22N4O2. The van der Waals surface area contributed by atoms with Crippen molar-refractivity contribution in [3.8, 4) is 11.6 Å². The Labute approximate surface area is 152 Å². The van der Waals surface area contributed by atoms with Crippen LogP contribution in [0, 0.1) is 6.92 Å². The van der Waals surface area contributed by atoms with Crippen molar-refractivity contribution < 1.29 is 9.53 Å². The smallest absolute Gasteiger partial charge is 0.255 e. The number of nitrogens with one attached hydrogen (secondary N) is 1. The quantitative estimate of drug-likeness (QED) is 0.742. The Bertz CT molecular complexity index is 883. The lowest BCUT2D eigenvalue weighted by atomic mass is 10.1. The molecule has 0 unspecified atom stereocenters. The number of hydrogen-bond donors (Lipinski definition) is 1. The highest BCUT2D eigenvalue weighted by Crippen LogP contribution is 2.17. The Morgan fingerprint density at radius 1 is 1.15 bits per heavy atom. The van der Waals surface area contributed by atoms with E-state index in [1.165, 1.54) is 5.56 Å². The van der Waals surface area contributed by atoms with Gasteiger partial charge in [-0.2, -0.15) is 5.10 Å². The third kappa shape index (κ3) is 3.74. The molecule has 3 aromatic rings. The van der Waals surface area contributed by atoms with Crippen LogP contribution in [-0.4, -0.2) is 27.8 Å². The molecule has 3 rings (SSSR count). The zero-order valence-corrected chi connectivity index (χ0v) is 15.2. The van der Waals surface area contributed by atoms with Gasteiger partial charge in [-0.1, -0.05) is 30.7 Å². The van der Waals surface area contributed by atoms with Gasteiger partial charge >= 0.3 is 0 Å². The first kappa shape index (κ1) is 17.7. The maximum absolute atomic E-state index is 12.6. The van der Waals surface area contributed by atoms with E-state index in [1.54, 1.807) is 25.6 Å². The van der Waals surface area contributed by atoms with Gasteiger partial charge in [0.15, 0.2) is 0 Å². The first-order chi connectivity index (χ1) is 12.6.